The average molecular weight is 258 g/mol. The van der Waals surface area contributed by atoms with Gasteiger partial charge in [0, 0.05) is 4.90 Å². The maximum absolute atomic E-state index is 10.4. The third kappa shape index (κ3) is 3.37. The Bertz CT molecular complexity index is 473. The third-order valence-electron chi connectivity index (χ3n) is 2.74. The fourth-order valence-electron chi connectivity index (χ4n) is 1.88. The van der Waals surface area contributed by atoms with E-state index in [0.717, 1.165) is 5.56 Å². The van der Waals surface area contributed by atoms with Crippen LogP contribution in [0, 0.1) is 0 Å². The predicted octanol–water partition coefficient (Wildman–Crippen LogP) is 4.29. The minimum absolute atomic E-state index is 0.0288. The van der Waals surface area contributed by atoms with Gasteiger partial charge in [0.1, 0.15) is 0 Å². The van der Waals surface area contributed by atoms with Crippen molar-refractivity contribution in [3.05, 3.63) is 66.2 Å². The molecule has 0 aliphatic carbocycles. The first-order valence-corrected chi connectivity index (χ1v) is 6.94. The minimum Gasteiger partial charge on any atom is -0.389 e. The molecular weight excluding hydrogens is 240 g/mol. The fourth-order valence-corrected chi connectivity index (χ4v) is 3.05. The van der Waals surface area contributed by atoms with Gasteiger partial charge in [-0.25, -0.2) is 0 Å². The Morgan fingerprint density at radius 1 is 0.889 bits per heavy atom. The lowest BCUT2D eigenvalue weighted by molar-refractivity contribution is 0.0776. The molecule has 1 unspecified atom stereocenters. The van der Waals surface area contributed by atoms with Crippen LogP contribution >= 0.6 is 11.8 Å². The maximum Gasteiger partial charge on any atom is 0.0754 e. The van der Waals surface area contributed by atoms with Crippen molar-refractivity contribution in [2.45, 2.75) is 29.6 Å². The van der Waals surface area contributed by atoms with Gasteiger partial charge in [-0.3, -0.25) is 0 Å². The van der Waals surface area contributed by atoms with Gasteiger partial charge >= 0.3 is 0 Å². The van der Waals surface area contributed by atoms with Gasteiger partial charge in [0.15, 0.2) is 0 Å². The van der Waals surface area contributed by atoms with Crippen molar-refractivity contribution in [2.24, 2.45) is 0 Å². The van der Waals surface area contributed by atoms with E-state index in [4.69, 9.17) is 0 Å². The van der Waals surface area contributed by atoms with Crippen molar-refractivity contribution in [1.29, 1.82) is 0 Å². The van der Waals surface area contributed by atoms with Gasteiger partial charge in [0.25, 0.3) is 0 Å². The third-order valence-corrected chi connectivity index (χ3v) is 4.37. The highest BCUT2D eigenvalue weighted by atomic mass is 32.2. The van der Waals surface area contributed by atoms with Crippen LogP contribution in [0.2, 0.25) is 0 Å². The molecule has 0 saturated carbocycles. The van der Waals surface area contributed by atoms with Crippen molar-refractivity contribution in [3.8, 4) is 0 Å². The number of benzene rings is 2. The summed E-state index contributed by atoms with van der Waals surface area (Å²) in [5.41, 5.74) is 0.390. The molecule has 0 fully saturated rings. The van der Waals surface area contributed by atoms with Gasteiger partial charge in [-0.1, -0.05) is 48.5 Å². The van der Waals surface area contributed by atoms with Crippen LogP contribution in [0.5, 0.6) is 0 Å². The Labute approximate surface area is 113 Å². The zero-order valence-electron chi connectivity index (χ0n) is 10.7. The van der Waals surface area contributed by atoms with Gasteiger partial charge in [0.2, 0.25) is 0 Å². The lowest BCUT2D eigenvalue weighted by Crippen LogP contribution is -2.26. The van der Waals surface area contributed by atoms with E-state index in [1.54, 1.807) is 11.8 Å². The van der Waals surface area contributed by atoms with Gasteiger partial charge < -0.3 is 5.11 Å². The molecule has 1 atom stereocenters. The molecule has 1 N–H and O–H groups in total. The number of thioether (sulfide) groups is 1. The van der Waals surface area contributed by atoms with Crippen LogP contribution in [0.25, 0.3) is 0 Å². The van der Waals surface area contributed by atoms with Crippen molar-refractivity contribution < 1.29 is 5.11 Å². The SMILES string of the molecule is CC(C)(O)C(Sc1ccccc1)c1ccccc1. The first-order chi connectivity index (χ1) is 8.57. The zero-order valence-corrected chi connectivity index (χ0v) is 11.5. The second kappa shape index (κ2) is 5.59. The van der Waals surface area contributed by atoms with Crippen LogP contribution in [0.1, 0.15) is 24.7 Å². The highest BCUT2D eigenvalue weighted by Gasteiger charge is 2.29. The van der Waals surface area contributed by atoms with Crippen molar-refractivity contribution in [2.75, 3.05) is 0 Å². The summed E-state index contributed by atoms with van der Waals surface area (Å²) in [6.45, 7) is 3.72. The molecule has 1 nitrogen and oxygen atoms in total. The van der Waals surface area contributed by atoms with E-state index in [1.807, 2.05) is 50.2 Å². The number of hydrogen-bond acceptors (Lipinski definition) is 2. The van der Waals surface area contributed by atoms with Gasteiger partial charge in [0.05, 0.1) is 10.9 Å². The van der Waals surface area contributed by atoms with Gasteiger partial charge in [-0.15, -0.1) is 11.8 Å². The number of rotatable bonds is 4. The number of hydrogen-bond donors (Lipinski definition) is 1. The van der Waals surface area contributed by atoms with Crippen LogP contribution in [0.15, 0.2) is 65.6 Å². The first-order valence-electron chi connectivity index (χ1n) is 6.06. The van der Waals surface area contributed by atoms with Crippen LogP contribution in [0.3, 0.4) is 0 Å². The zero-order chi connectivity index (χ0) is 13.0. The molecule has 0 spiro atoms. The topological polar surface area (TPSA) is 20.2 Å². The van der Waals surface area contributed by atoms with E-state index in [-0.39, 0.29) is 5.25 Å². The molecule has 0 radical (unpaired) electrons. The molecule has 0 aromatic heterocycles. The summed E-state index contributed by atoms with van der Waals surface area (Å²) < 4.78 is 0. The Kier molecular flexibility index (Phi) is 4.10. The molecule has 2 aromatic rings. The highest BCUT2D eigenvalue weighted by Crippen LogP contribution is 2.42. The standard InChI is InChI=1S/C16H18OS/c1-16(2,17)15(13-9-5-3-6-10-13)18-14-11-7-4-8-12-14/h3-12,15,17H,1-2H3. The quantitative estimate of drug-likeness (QED) is 0.825. The summed E-state index contributed by atoms with van der Waals surface area (Å²) in [6.07, 6.45) is 0. The summed E-state index contributed by atoms with van der Waals surface area (Å²) in [4.78, 5) is 1.17. The van der Waals surface area contributed by atoms with Gasteiger partial charge in [-0.05, 0) is 31.5 Å². The van der Waals surface area contributed by atoms with Gasteiger partial charge in [-0.2, -0.15) is 0 Å². The summed E-state index contributed by atoms with van der Waals surface area (Å²) >= 11 is 1.70. The molecule has 0 heterocycles. The van der Waals surface area contributed by atoms with E-state index in [9.17, 15) is 5.11 Å². The van der Waals surface area contributed by atoms with E-state index in [2.05, 4.69) is 24.3 Å². The molecule has 0 aliphatic heterocycles. The van der Waals surface area contributed by atoms with Crippen molar-refractivity contribution in [1.82, 2.24) is 0 Å². The van der Waals surface area contributed by atoms with E-state index >= 15 is 0 Å². The Hall–Kier alpha value is -1.25. The Morgan fingerprint density at radius 3 is 1.89 bits per heavy atom. The molecule has 0 aliphatic rings. The minimum atomic E-state index is -0.762. The maximum atomic E-state index is 10.4. The van der Waals surface area contributed by atoms with Crippen molar-refractivity contribution >= 4 is 11.8 Å². The van der Waals surface area contributed by atoms with Crippen LogP contribution in [-0.2, 0) is 0 Å². The summed E-state index contributed by atoms with van der Waals surface area (Å²) in [7, 11) is 0. The second-order valence-corrected chi connectivity index (χ2v) is 6.05. The molecule has 0 amide bonds. The summed E-state index contributed by atoms with van der Waals surface area (Å²) in [5, 5.41) is 10.4. The van der Waals surface area contributed by atoms with E-state index in [1.165, 1.54) is 4.90 Å². The van der Waals surface area contributed by atoms with E-state index in [0.29, 0.717) is 0 Å². The molecule has 0 saturated heterocycles. The normalized spacial score (nSPS) is 13.3. The van der Waals surface area contributed by atoms with Crippen LogP contribution in [-0.4, -0.2) is 10.7 Å². The first kappa shape index (κ1) is 13.2. The lowest BCUT2D eigenvalue weighted by atomic mass is 9.98. The Morgan fingerprint density at radius 2 is 1.39 bits per heavy atom. The van der Waals surface area contributed by atoms with E-state index < -0.39 is 5.60 Å². The smallest absolute Gasteiger partial charge is 0.0754 e. The monoisotopic (exact) mass is 258 g/mol. The molecular formula is C16H18OS. The molecule has 2 heteroatoms. The number of aliphatic hydroxyl groups is 1. The average Bonchev–Trinajstić information content (AvgIpc) is 2.37. The molecule has 2 rings (SSSR count). The largest absolute Gasteiger partial charge is 0.389 e. The predicted molar refractivity (Wildman–Crippen MR) is 77.8 cm³/mol. The lowest BCUT2D eigenvalue weighted by Gasteiger charge is -2.29. The molecule has 2 aromatic carbocycles. The van der Waals surface area contributed by atoms with Crippen molar-refractivity contribution in [3.63, 3.8) is 0 Å². The van der Waals surface area contributed by atoms with Crippen LogP contribution < -0.4 is 0 Å². The highest BCUT2D eigenvalue weighted by molar-refractivity contribution is 7.99. The summed E-state index contributed by atoms with van der Waals surface area (Å²) in [5.74, 6) is 0. The molecule has 0 bridgehead atoms. The molecule has 18 heavy (non-hydrogen) atoms. The fraction of sp³-hybridized carbons (Fsp3) is 0.250. The molecule has 94 valence electrons. The van der Waals surface area contributed by atoms with Crippen LogP contribution in [0.4, 0.5) is 0 Å². The Balaban J connectivity index is 2.28. The second-order valence-electron chi connectivity index (χ2n) is 4.88. The summed E-state index contributed by atoms with van der Waals surface area (Å²) in [6, 6.07) is 20.4.